The minimum absolute atomic E-state index is 0.00867. The van der Waals surface area contributed by atoms with Crippen LogP contribution in [-0.2, 0) is 4.74 Å². The van der Waals surface area contributed by atoms with Crippen LogP contribution < -0.4 is 10.1 Å². The van der Waals surface area contributed by atoms with Crippen LogP contribution in [0.25, 0.3) is 6.08 Å². The Labute approximate surface area is 129 Å². The Kier molecular flexibility index (Phi) is 3.71. The van der Waals surface area contributed by atoms with Gasteiger partial charge in [0.25, 0.3) is 0 Å². The van der Waals surface area contributed by atoms with Crippen molar-refractivity contribution < 1.29 is 19.7 Å². The van der Waals surface area contributed by atoms with Gasteiger partial charge in [-0.1, -0.05) is 13.0 Å². The van der Waals surface area contributed by atoms with E-state index >= 15 is 0 Å². The Morgan fingerprint density at radius 3 is 2.77 bits per heavy atom. The lowest BCUT2D eigenvalue weighted by Crippen LogP contribution is -2.24. The average molecular weight is 301 g/mol. The van der Waals surface area contributed by atoms with Crippen molar-refractivity contribution in [2.45, 2.75) is 19.4 Å². The van der Waals surface area contributed by atoms with E-state index < -0.39 is 0 Å². The van der Waals surface area contributed by atoms with Crippen LogP contribution in [0.15, 0.2) is 35.6 Å². The number of allylic oxidation sites excluding steroid dienone is 1. The highest BCUT2D eigenvalue weighted by atomic mass is 16.5. The van der Waals surface area contributed by atoms with Gasteiger partial charge in [-0.3, -0.25) is 0 Å². The van der Waals surface area contributed by atoms with Gasteiger partial charge >= 0.3 is 0 Å². The second-order valence-corrected chi connectivity index (χ2v) is 5.26. The molecule has 116 valence electrons. The second kappa shape index (κ2) is 5.67. The van der Waals surface area contributed by atoms with Gasteiger partial charge in [0.2, 0.25) is 5.75 Å². The van der Waals surface area contributed by atoms with Crippen LogP contribution in [0.1, 0.15) is 18.9 Å². The SMILES string of the molecule is CCCOc1cc2c(c(O)c1O)C=C1C=C(OC)C=CC1N2. The largest absolute Gasteiger partial charge is 0.504 e. The third kappa shape index (κ3) is 2.39. The molecule has 1 heterocycles. The fourth-order valence-corrected chi connectivity index (χ4v) is 2.56. The lowest BCUT2D eigenvalue weighted by Gasteiger charge is -2.28. The van der Waals surface area contributed by atoms with Crippen molar-refractivity contribution in [3.05, 3.63) is 41.2 Å². The topological polar surface area (TPSA) is 71.0 Å². The highest BCUT2D eigenvalue weighted by molar-refractivity contribution is 5.84. The van der Waals surface area contributed by atoms with Gasteiger partial charge in [0, 0.05) is 17.3 Å². The molecule has 1 aromatic carbocycles. The summed E-state index contributed by atoms with van der Waals surface area (Å²) in [6.45, 7) is 2.46. The quantitative estimate of drug-likeness (QED) is 0.588. The van der Waals surface area contributed by atoms with Gasteiger partial charge in [-0.2, -0.15) is 0 Å². The number of phenolic OH excluding ortho intramolecular Hbond substituents is 2. The Hall–Kier alpha value is -2.56. The molecule has 5 nitrogen and oxygen atoms in total. The molecule has 3 N–H and O–H groups in total. The summed E-state index contributed by atoms with van der Waals surface area (Å²) < 4.78 is 10.7. The minimum Gasteiger partial charge on any atom is -0.504 e. The Morgan fingerprint density at radius 2 is 2.05 bits per heavy atom. The molecule has 2 aliphatic rings. The fraction of sp³-hybridized carbons (Fsp3) is 0.294. The van der Waals surface area contributed by atoms with Crippen molar-refractivity contribution in [1.82, 2.24) is 0 Å². The van der Waals surface area contributed by atoms with Crippen LogP contribution in [0.2, 0.25) is 0 Å². The summed E-state index contributed by atoms with van der Waals surface area (Å²) >= 11 is 0. The highest BCUT2D eigenvalue weighted by Crippen LogP contribution is 2.46. The van der Waals surface area contributed by atoms with Gasteiger partial charge < -0.3 is 25.0 Å². The van der Waals surface area contributed by atoms with Gasteiger partial charge in [0.05, 0.1) is 19.8 Å². The highest BCUT2D eigenvalue weighted by Gasteiger charge is 2.25. The number of anilines is 1. The number of rotatable bonds is 4. The van der Waals surface area contributed by atoms with E-state index in [4.69, 9.17) is 9.47 Å². The summed E-state index contributed by atoms with van der Waals surface area (Å²) in [6, 6.07) is 1.73. The molecule has 5 heteroatoms. The molecule has 0 saturated carbocycles. The van der Waals surface area contributed by atoms with E-state index in [2.05, 4.69) is 5.32 Å². The van der Waals surface area contributed by atoms with Crippen molar-refractivity contribution in [2.75, 3.05) is 19.0 Å². The molecule has 0 spiro atoms. The smallest absolute Gasteiger partial charge is 0.201 e. The van der Waals surface area contributed by atoms with Crippen LogP contribution in [-0.4, -0.2) is 30.0 Å². The van der Waals surface area contributed by atoms with Crippen molar-refractivity contribution in [3.8, 4) is 17.2 Å². The Balaban J connectivity index is 2.03. The summed E-state index contributed by atoms with van der Waals surface area (Å²) in [6.07, 6.45) is 8.46. The summed E-state index contributed by atoms with van der Waals surface area (Å²) in [5.74, 6) is 0.630. The van der Waals surface area contributed by atoms with Crippen LogP contribution in [0.5, 0.6) is 17.2 Å². The van der Waals surface area contributed by atoms with E-state index in [-0.39, 0.29) is 23.3 Å². The molecule has 1 unspecified atom stereocenters. The molecular formula is C17H19NO4. The predicted octanol–water partition coefficient (Wildman–Crippen LogP) is 3.16. The third-order valence-corrected chi connectivity index (χ3v) is 3.72. The molecule has 1 aliphatic carbocycles. The first-order valence-electron chi connectivity index (χ1n) is 7.27. The summed E-state index contributed by atoms with van der Waals surface area (Å²) in [5, 5.41) is 23.7. The standard InChI is InChI=1S/C17H19NO4/c1-3-6-22-15-9-14-12(16(19)17(15)20)8-10-7-11(21-2)4-5-13(10)18-14/h4-5,7-9,13,18-20H,3,6H2,1-2H3. The molecule has 1 atom stereocenters. The number of nitrogens with one attached hydrogen (secondary N) is 1. The van der Waals surface area contributed by atoms with E-state index in [1.165, 1.54) is 0 Å². The van der Waals surface area contributed by atoms with Gasteiger partial charge in [0.15, 0.2) is 11.5 Å². The number of hydrogen-bond acceptors (Lipinski definition) is 5. The second-order valence-electron chi connectivity index (χ2n) is 5.26. The Bertz CT molecular complexity index is 688. The molecule has 0 amide bonds. The van der Waals surface area contributed by atoms with E-state index in [0.29, 0.717) is 12.2 Å². The monoisotopic (exact) mass is 301 g/mol. The number of benzene rings is 1. The number of aromatic hydroxyl groups is 2. The molecular weight excluding hydrogens is 282 g/mol. The lowest BCUT2D eigenvalue weighted by atomic mass is 9.93. The molecule has 1 aliphatic heterocycles. The number of phenols is 2. The average Bonchev–Trinajstić information content (AvgIpc) is 2.55. The molecule has 0 saturated heterocycles. The van der Waals surface area contributed by atoms with Gasteiger partial charge in [-0.25, -0.2) is 0 Å². The van der Waals surface area contributed by atoms with Crippen LogP contribution >= 0.6 is 0 Å². The fourth-order valence-electron chi connectivity index (χ4n) is 2.56. The molecule has 0 aromatic heterocycles. The molecule has 0 fully saturated rings. The first kappa shape index (κ1) is 14.4. The number of ether oxygens (including phenoxy) is 2. The van der Waals surface area contributed by atoms with Crippen molar-refractivity contribution in [1.29, 1.82) is 0 Å². The van der Waals surface area contributed by atoms with Crippen molar-refractivity contribution in [2.24, 2.45) is 0 Å². The first-order chi connectivity index (χ1) is 10.6. The molecule has 22 heavy (non-hydrogen) atoms. The number of fused-ring (bicyclic) bond motifs is 2. The van der Waals surface area contributed by atoms with Crippen LogP contribution in [0.3, 0.4) is 0 Å². The third-order valence-electron chi connectivity index (χ3n) is 3.72. The molecule has 0 bridgehead atoms. The van der Waals surface area contributed by atoms with E-state index in [0.717, 1.165) is 23.4 Å². The van der Waals surface area contributed by atoms with E-state index in [1.807, 2.05) is 31.2 Å². The van der Waals surface area contributed by atoms with Gasteiger partial charge in [0.1, 0.15) is 5.76 Å². The first-order valence-corrected chi connectivity index (χ1v) is 7.27. The van der Waals surface area contributed by atoms with Gasteiger partial charge in [-0.15, -0.1) is 0 Å². The summed E-state index contributed by atoms with van der Waals surface area (Å²) in [7, 11) is 1.61. The van der Waals surface area contributed by atoms with Gasteiger partial charge in [-0.05, 0) is 30.2 Å². The minimum atomic E-state index is -0.230. The number of methoxy groups -OCH3 is 1. The zero-order valence-corrected chi connectivity index (χ0v) is 12.6. The van der Waals surface area contributed by atoms with Crippen molar-refractivity contribution in [3.63, 3.8) is 0 Å². The zero-order chi connectivity index (χ0) is 15.7. The molecule has 0 radical (unpaired) electrons. The van der Waals surface area contributed by atoms with E-state index in [9.17, 15) is 10.2 Å². The van der Waals surface area contributed by atoms with Crippen molar-refractivity contribution >= 4 is 11.8 Å². The normalized spacial score (nSPS) is 18.5. The van der Waals surface area contributed by atoms with E-state index in [1.54, 1.807) is 13.2 Å². The number of hydrogen-bond donors (Lipinski definition) is 3. The summed E-state index contributed by atoms with van der Waals surface area (Å²) in [5.41, 5.74) is 2.24. The Morgan fingerprint density at radius 1 is 1.23 bits per heavy atom. The maximum absolute atomic E-state index is 10.3. The predicted molar refractivity (Wildman–Crippen MR) is 85.2 cm³/mol. The lowest BCUT2D eigenvalue weighted by molar-refractivity contribution is 0.292. The molecule has 1 aromatic rings. The maximum atomic E-state index is 10.3. The summed E-state index contributed by atoms with van der Waals surface area (Å²) in [4.78, 5) is 0. The van der Waals surface area contributed by atoms with Crippen LogP contribution in [0, 0.1) is 0 Å². The van der Waals surface area contributed by atoms with Crippen LogP contribution in [0.4, 0.5) is 5.69 Å². The molecule has 3 rings (SSSR count). The zero-order valence-electron chi connectivity index (χ0n) is 12.6. The maximum Gasteiger partial charge on any atom is 0.201 e.